The molecular formula is C15H16FNO2. The second kappa shape index (κ2) is 5.61. The Labute approximate surface area is 111 Å². The number of halogens is 1. The van der Waals surface area contributed by atoms with Crippen LogP contribution < -0.4 is 9.64 Å². The molecule has 0 amide bonds. The molecule has 0 aliphatic heterocycles. The van der Waals surface area contributed by atoms with E-state index in [0.717, 1.165) is 11.3 Å². The van der Waals surface area contributed by atoms with Crippen molar-refractivity contribution in [1.29, 1.82) is 0 Å². The molecule has 100 valence electrons. The zero-order chi connectivity index (χ0) is 13.8. The molecular weight excluding hydrogens is 245 g/mol. The zero-order valence-electron chi connectivity index (χ0n) is 10.9. The molecule has 0 fully saturated rings. The summed E-state index contributed by atoms with van der Waals surface area (Å²) in [6.07, 6.45) is 0. The van der Waals surface area contributed by atoms with Gasteiger partial charge in [0.15, 0.2) is 0 Å². The summed E-state index contributed by atoms with van der Waals surface area (Å²) in [6.45, 7) is 0.485. The Hall–Kier alpha value is -2.23. The van der Waals surface area contributed by atoms with Crippen LogP contribution in [0.15, 0.2) is 42.5 Å². The number of benzene rings is 2. The van der Waals surface area contributed by atoms with Crippen LogP contribution in [0.3, 0.4) is 0 Å². The number of phenols is 1. The molecule has 2 aromatic rings. The van der Waals surface area contributed by atoms with Crippen molar-refractivity contribution in [2.75, 3.05) is 19.1 Å². The third-order valence-corrected chi connectivity index (χ3v) is 2.95. The number of nitrogens with zero attached hydrogens (tertiary/aromatic N) is 1. The lowest BCUT2D eigenvalue weighted by Gasteiger charge is -2.20. The molecule has 0 bridgehead atoms. The van der Waals surface area contributed by atoms with Gasteiger partial charge in [0.25, 0.3) is 0 Å². The molecule has 0 heterocycles. The van der Waals surface area contributed by atoms with E-state index in [9.17, 15) is 9.50 Å². The second-order valence-corrected chi connectivity index (χ2v) is 4.33. The molecule has 0 saturated heterocycles. The Morgan fingerprint density at radius 2 is 2.00 bits per heavy atom. The van der Waals surface area contributed by atoms with E-state index < -0.39 is 0 Å². The third kappa shape index (κ3) is 3.16. The standard InChI is InChI=1S/C15H16FNO2/c1-17(13-5-3-4-12(16)8-13)10-11-6-7-14(19-2)9-15(11)18/h3-9,18H,10H2,1-2H3. The molecule has 0 unspecified atom stereocenters. The van der Waals surface area contributed by atoms with Crippen molar-refractivity contribution in [1.82, 2.24) is 0 Å². The first-order valence-corrected chi connectivity index (χ1v) is 5.92. The van der Waals surface area contributed by atoms with E-state index in [1.807, 2.05) is 18.0 Å². The van der Waals surface area contributed by atoms with E-state index in [0.29, 0.717) is 12.3 Å². The fourth-order valence-corrected chi connectivity index (χ4v) is 1.86. The number of rotatable bonds is 4. The summed E-state index contributed by atoms with van der Waals surface area (Å²) in [5, 5.41) is 9.89. The molecule has 0 aliphatic rings. The summed E-state index contributed by atoms with van der Waals surface area (Å²) in [5.41, 5.74) is 1.52. The summed E-state index contributed by atoms with van der Waals surface area (Å²) in [7, 11) is 3.39. The van der Waals surface area contributed by atoms with E-state index in [1.165, 1.54) is 12.1 Å². The summed E-state index contributed by atoms with van der Waals surface area (Å²) in [6, 6.07) is 11.5. The van der Waals surface area contributed by atoms with Gasteiger partial charge in [0, 0.05) is 30.9 Å². The van der Waals surface area contributed by atoms with Crippen LogP contribution >= 0.6 is 0 Å². The molecule has 0 atom stereocenters. The average Bonchev–Trinajstić information content (AvgIpc) is 2.41. The number of hydrogen-bond acceptors (Lipinski definition) is 3. The SMILES string of the molecule is COc1ccc(CN(C)c2cccc(F)c2)c(O)c1. The van der Waals surface area contributed by atoms with Gasteiger partial charge >= 0.3 is 0 Å². The van der Waals surface area contributed by atoms with Gasteiger partial charge in [-0.25, -0.2) is 4.39 Å². The Balaban J connectivity index is 2.17. The fourth-order valence-electron chi connectivity index (χ4n) is 1.86. The van der Waals surface area contributed by atoms with Gasteiger partial charge in [-0.15, -0.1) is 0 Å². The average molecular weight is 261 g/mol. The molecule has 1 N–H and O–H groups in total. The molecule has 3 nitrogen and oxygen atoms in total. The first-order valence-electron chi connectivity index (χ1n) is 5.92. The van der Waals surface area contributed by atoms with Gasteiger partial charge in [-0.2, -0.15) is 0 Å². The van der Waals surface area contributed by atoms with E-state index in [2.05, 4.69) is 0 Å². The smallest absolute Gasteiger partial charge is 0.125 e. The Bertz CT molecular complexity index is 572. The van der Waals surface area contributed by atoms with Crippen LogP contribution in [0, 0.1) is 5.82 Å². The third-order valence-electron chi connectivity index (χ3n) is 2.95. The van der Waals surface area contributed by atoms with Crippen molar-refractivity contribution < 1.29 is 14.2 Å². The fraction of sp³-hybridized carbons (Fsp3) is 0.200. The quantitative estimate of drug-likeness (QED) is 0.917. The molecule has 0 radical (unpaired) electrons. The second-order valence-electron chi connectivity index (χ2n) is 4.33. The van der Waals surface area contributed by atoms with Gasteiger partial charge in [-0.05, 0) is 30.3 Å². The normalized spacial score (nSPS) is 10.3. The van der Waals surface area contributed by atoms with Gasteiger partial charge in [-0.3, -0.25) is 0 Å². The first-order chi connectivity index (χ1) is 9.10. The molecule has 0 aromatic heterocycles. The van der Waals surface area contributed by atoms with Crippen LogP contribution in [-0.4, -0.2) is 19.3 Å². The van der Waals surface area contributed by atoms with Crippen LogP contribution in [0.1, 0.15) is 5.56 Å². The van der Waals surface area contributed by atoms with Gasteiger partial charge in [0.1, 0.15) is 17.3 Å². The molecule has 0 aliphatic carbocycles. The lowest BCUT2D eigenvalue weighted by Crippen LogP contribution is -2.16. The van der Waals surface area contributed by atoms with Gasteiger partial charge < -0.3 is 14.7 Å². The van der Waals surface area contributed by atoms with Crippen molar-refractivity contribution >= 4 is 5.69 Å². The maximum atomic E-state index is 13.2. The molecule has 0 saturated carbocycles. The van der Waals surface area contributed by atoms with Crippen molar-refractivity contribution in [3.8, 4) is 11.5 Å². The van der Waals surface area contributed by atoms with E-state index in [4.69, 9.17) is 4.74 Å². The number of methoxy groups -OCH3 is 1. The topological polar surface area (TPSA) is 32.7 Å². The lowest BCUT2D eigenvalue weighted by atomic mass is 10.1. The Kier molecular flexibility index (Phi) is 3.90. The minimum absolute atomic E-state index is 0.169. The highest BCUT2D eigenvalue weighted by molar-refractivity contribution is 5.48. The largest absolute Gasteiger partial charge is 0.507 e. The minimum atomic E-state index is -0.275. The molecule has 2 rings (SSSR count). The first kappa shape index (κ1) is 13.2. The number of hydrogen-bond donors (Lipinski definition) is 1. The van der Waals surface area contributed by atoms with Crippen LogP contribution in [0.4, 0.5) is 10.1 Å². The summed E-state index contributed by atoms with van der Waals surface area (Å²) in [5.74, 6) is 0.501. The van der Waals surface area contributed by atoms with E-state index in [1.54, 1.807) is 31.4 Å². The van der Waals surface area contributed by atoms with E-state index in [-0.39, 0.29) is 11.6 Å². The number of anilines is 1. The number of aromatic hydroxyl groups is 1. The summed E-state index contributed by atoms with van der Waals surface area (Å²) in [4.78, 5) is 1.87. The van der Waals surface area contributed by atoms with Crippen molar-refractivity contribution in [3.63, 3.8) is 0 Å². The van der Waals surface area contributed by atoms with Crippen molar-refractivity contribution in [2.24, 2.45) is 0 Å². The van der Waals surface area contributed by atoms with Gasteiger partial charge in [-0.1, -0.05) is 6.07 Å². The Morgan fingerprint density at radius 1 is 1.21 bits per heavy atom. The van der Waals surface area contributed by atoms with Crippen LogP contribution in [-0.2, 0) is 6.54 Å². The molecule has 0 spiro atoms. The Morgan fingerprint density at radius 3 is 2.63 bits per heavy atom. The predicted octanol–water partition coefficient (Wildman–Crippen LogP) is 3.18. The van der Waals surface area contributed by atoms with Crippen LogP contribution in [0.5, 0.6) is 11.5 Å². The van der Waals surface area contributed by atoms with Gasteiger partial charge in [0.05, 0.1) is 7.11 Å². The maximum absolute atomic E-state index is 13.2. The maximum Gasteiger partial charge on any atom is 0.125 e. The summed E-state index contributed by atoms with van der Waals surface area (Å²) < 4.78 is 18.2. The minimum Gasteiger partial charge on any atom is -0.507 e. The number of phenolic OH excluding ortho intramolecular Hbond substituents is 1. The zero-order valence-corrected chi connectivity index (χ0v) is 10.9. The van der Waals surface area contributed by atoms with Gasteiger partial charge in [0.2, 0.25) is 0 Å². The molecule has 4 heteroatoms. The van der Waals surface area contributed by atoms with Crippen LogP contribution in [0.2, 0.25) is 0 Å². The van der Waals surface area contributed by atoms with Crippen molar-refractivity contribution in [3.05, 3.63) is 53.8 Å². The highest BCUT2D eigenvalue weighted by Gasteiger charge is 2.08. The molecule has 19 heavy (non-hydrogen) atoms. The number of ether oxygens (including phenoxy) is 1. The van der Waals surface area contributed by atoms with Crippen molar-refractivity contribution in [2.45, 2.75) is 6.54 Å². The molecule has 2 aromatic carbocycles. The predicted molar refractivity (Wildman–Crippen MR) is 73.2 cm³/mol. The monoisotopic (exact) mass is 261 g/mol. The summed E-state index contributed by atoms with van der Waals surface area (Å²) >= 11 is 0. The highest BCUT2D eigenvalue weighted by Crippen LogP contribution is 2.26. The van der Waals surface area contributed by atoms with Crippen LogP contribution in [0.25, 0.3) is 0 Å². The lowest BCUT2D eigenvalue weighted by molar-refractivity contribution is 0.406. The van der Waals surface area contributed by atoms with E-state index >= 15 is 0 Å². The highest BCUT2D eigenvalue weighted by atomic mass is 19.1.